The molecule has 1 aromatic heterocycles. The Bertz CT molecular complexity index is 530. The number of hydrogen-bond donors (Lipinski definition) is 1. The molecule has 2 atom stereocenters. The minimum atomic E-state index is 0.447. The quantitative estimate of drug-likeness (QED) is 0.725. The molecule has 0 aliphatic rings. The molecule has 0 spiro atoms. The Labute approximate surface area is 133 Å². The van der Waals surface area contributed by atoms with Crippen LogP contribution >= 0.6 is 11.3 Å². The number of nitrogens with one attached hydrogen (secondary N) is 1. The van der Waals surface area contributed by atoms with Gasteiger partial charge in [-0.1, -0.05) is 44.2 Å². The van der Waals surface area contributed by atoms with Gasteiger partial charge in [-0.2, -0.15) is 0 Å². The van der Waals surface area contributed by atoms with Crippen molar-refractivity contribution in [1.82, 2.24) is 5.32 Å². The number of aryl methyl sites for hydroxylation is 1. The van der Waals surface area contributed by atoms with E-state index in [1.54, 1.807) is 0 Å². The Morgan fingerprint density at radius 2 is 1.71 bits per heavy atom. The number of rotatable bonds is 7. The fraction of sp³-hybridized carbons (Fsp3) is 0.474. The maximum Gasteiger partial charge on any atom is 0.0325 e. The fourth-order valence-electron chi connectivity index (χ4n) is 2.76. The molecule has 0 fully saturated rings. The number of benzene rings is 1. The van der Waals surface area contributed by atoms with Gasteiger partial charge in [-0.25, -0.2) is 0 Å². The summed E-state index contributed by atoms with van der Waals surface area (Å²) in [4.78, 5) is 2.88. The minimum absolute atomic E-state index is 0.447. The third kappa shape index (κ3) is 5.29. The third-order valence-electron chi connectivity index (χ3n) is 3.70. The third-order valence-corrected chi connectivity index (χ3v) is 4.72. The van der Waals surface area contributed by atoms with Gasteiger partial charge < -0.3 is 5.32 Å². The highest BCUT2D eigenvalue weighted by Gasteiger charge is 2.16. The molecule has 1 nitrogen and oxygen atoms in total. The molecule has 2 unspecified atom stereocenters. The van der Waals surface area contributed by atoms with Crippen molar-refractivity contribution in [3.05, 3.63) is 57.8 Å². The molecule has 114 valence electrons. The second-order valence-corrected chi connectivity index (χ2v) is 7.75. The zero-order valence-electron chi connectivity index (χ0n) is 13.6. The molecule has 21 heavy (non-hydrogen) atoms. The maximum atomic E-state index is 3.83. The lowest BCUT2D eigenvalue weighted by Gasteiger charge is -2.25. The summed E-state index contributed by atoms with van der Waals surface area (Å²) in [5.74, 6) is 0.693. The van der Waals surface area contributed by atoms with Crippen molar-refractivity contribution in [1.29, 1.82) is 0 Å². The van der Waals surface area contributed by atoms with E-state index in [1.807, 2.05) is 11.3 Å². The van der Waals surface area contributed by atoms with Crippen molar-refractivity contribution in [2.24, 2.45) is 5.92 Å². The zero-order chi connectivity index (χ0) is 15.2. The SMILES string of the molecule is Cc1ccc(CC(C)NC(CC(C)C)c2ccccc2)s1. The summed E-state index contributed by atoms with van der Waals surface area (Å²) in [7, 11) is 0. The summed E-state index contributed by atoms with van der Waals surface area (Å²) in [6, 6.07) is 16.3. The fourth-order valence-corrected chi connectivity index (χ4v) is 3.78. The number of thiophene rings is 1. The molecule has 0 amide bonds. The summed E-state index contributed by atoms with van der Waals surface area (Å²) < 4.78 is 0. The second-order valence-electron chi connectivity index (χ2n) is 6.38. The van der Waals surface area contributed by atoms with Crippen LogP contribution in [0.4, 0.5) is 0 Å². The first kappa shape index (κ1) is 16.3. The van der Waals surface area contributed by atoms with Crippen LogP contribution in [0.2, 0.25) is 0 Å². The van der Waals surface area contributed by atoms with E-state index >= 15 is 0 Å². The Kier molecular flexibility index (Phi) is 6.01. The Morgan fingerprint density at radius 3 is 2.29 bits per heavy atom. The molecule has 1 N–H and O–H groups in total. The van der Waals surface area contributed by atoms with E-state index in [0.29, 0.717) is 18.0 Å². The lowest BCUT2D eigenvalue weighted by atomic mass is 9.96. The summed E-state index contributed by atoms with van der Waals surface area (Å²) in [5.41, 5.74) is 1.40. The minimum Gasteiger partial charge on any atom is -0.307 e. The first-order valence-corrected chi connectivity index (χ1v) is 8.72. The molecule has 1 heterocycles. The smallest absolute Gasteiger partial charge is 0.0325 e. The molecule has 0 bridgehead atoms. The topological polar surface area (TPSA) is 12.0 Å². The van der Waals surface area contributed by atoms with E-state index in [2.05, 4.69) is 75.5 Å². The monoisotopic (exact) mass is 301 g/mol. The van der Waals surface area contributed by atoms with Gasteiger partial charge in [0.2, 0.25) is 0 Å². The highest BCUT2D eigenvalue weighted by Crippen LogP contribution is 2.23. The predicted octanol–water partition coefficient (Wildman–Crippen LogP) is 5.36. The highest BCUT2D eigenvalue weighted by molar-refractivity contribution is 7.11. The van der Waals surface area contributed by atoms with Gasteiger partial charge in [0.15, 0.2) is 0 Å². The van der Waals surface area contributed by atoms with Gasteiger partial charge in [0, 0.05) is 21.8 Å². The van der Waals surface area contributed by atoms with Gasteiger partial charge in [0.1, 0.15) is 0 Å². The van der Waals surface area contributed by atoms with Gasteiger partial charge in [-0.15, -0.1) is 11.3 Å². The zero-order valence-corrected chi connectivity index (χ0v) is 14.4. The molecule has 1 aromatic carbocycles. The summed E-state index contributed by atoms with van der Waals surface area (Å²) >= 11 is 1.91. The molecule has 0 aliphatic heterocycles. The first-order valence-electron chi connectivity index (χ1n) is 7.91. The van der Waals surface area contributed by atoms with E-state index in [9.17, 15) is 0 Å². The Morgan fingerprint density at radius 1 is 1.00 bits per heavy atom. The van der Waals surface area contributed by atoms with Crippen LogP contribution in [0, 0.1) is 12.8 Å². The van der Waals surface area contributed by atoms with Crippen LogP contribution in [0.15, 0.2) is 42.5 Å². The standard InChI is InChI=1S/C19H27NS/c1-14(2)12-19(17-8-6-5-7-9-17)20-15(3)13-18-11-10-16(4)21-18/h5-11,14-15,19-20H,12-13H2,1-4H3. The van der Waals surface area contributed by atoms with Gasteiger partial charge >= 0.3 is 0 Å². The van der Waals surface area contributed by atoms with Crippen LogP contribution in [0.3, 0.4) is 0 Å². The molecule has 0 radical (unpaired) electrons. The molecule has 0 saturated heterocycles. The van der Waals surface area contributed by atoms with Crippen LogP contribution in [-0.2, 0) is 6.42 Å². The van der Waals surface area contributed by atoms with Crippen molar-refractivity contribution in [3.63, 3.8) is 0 Å². The molecule has 2 heteroatoms. The summed E-state index contributed by atoms with van der Waals surface area (Å²) in [5, 5.41) is 3.83. The van der Waals surface area contributed by atoms with Crippen molar-refractivity contribution in [2.75, 3.05) is 0 Å². The van der Waals surface area contributed by atoms with Crippen LogP contribution in [0.25, 0.3) is 0 Å². The average Bonchev–Trinajstić information content (AvgIpc) is 2.83. The van der Waals surface area contributed by atoms with Crippen molar-refractivity contribution in [2.45, 2.75) is 52.6 Å². The van der Waals surface area contributed by atoms with Gasteiger partial charge in [0.25, 0.3) is 0 Å². The number of hydrogen-bond acceptors (Lipinski definition) is 2. The predicted molar refractivity (Wildman–Crippen MR) is 94.0 cm³/mol. The first-order chi connectivity index (χ1) is 10.0. The van der Waals surface area contributed by atoms with Crippen LogP contribution < -0.4 is 5.32 Å². The summed E-state index contributed by atoms with van der Waals surface area (Å²) in [6.45, 7) is 9.07. The highest BCUT2D eigenvalue weighted by atomic mass is 32.1. The van der Waals surface area contributed by atoms with Gasteiger partial charge in [-0.05, 0) is 50.3 Å². The van der Waals surface area contributed by atoms with Gasteiger partial charge in [-0.3, -0.25) is 0 Å². The average molecular weight is 301 g/mol. The van der Waals surface area contributed by atoms with Crippen LogP contribution in [0.1, 0.15) is 48.6 Å². The molecule has 2 rings (SSSR count). The lowest BCUT2D eigenvalue weighted by molar-refractivity contribution is 0.389. The van der Waals surface area contributed by atoms with Crippen molar-refractivity contribution >= 4 is 11.3 Å². The van der Waals surface area contributed by atoms with Gasteiger partial charge in [0.05, 0.1) is 0 Å². The van der Waals surface area contributed by atoms with E-state index in [1.165, 1.54) is 21.7 Å². The summed E-state index contributed by atoms with van der Waals surface area (Å²) in [6.07, 6.45) is 2.29. The largest absolute Gasteiger partial charge is 0.307 e. The lowest BCUT2D eigenvalue weighted by Crippen LogP contribution is -2.32. The molecular weight excluding hydrogens is 274 g/mol. The van der Waals surface area contributed by atoms with E-state index < -0.39 is 0 Å². The van der Waals surface area contributed by atoms with E-state index in [-0.39, 0.29) is 0 Å². The van der Waals surface area contributed by atoms with Crippen molar-refractivity contribution in [3.8, 4) is 0 Å². The molecule has 0 aliphatic carbocycles. The molecule has 0 saturated carbocycles. The van der Waals surface area contributed by atoms with Crippen molar-refractivity contribution < 1.29 is 0 Å². The molecular formula is C19H27NS. The van der Waals surface area contributed by atoms with E-state index in [0.717, 1.165) is 6.42 Å². The molecule has 2 aromatic rings. The van der Waals surface area contributed by atoms with Crippen LogP contribution in [0.5, 0.6) is 0 Å². The second kappa shape index (κ2) is 7.77. The Balaban J connectivity index is 2.00. The van der Waals surface area contributed by atoms with Crippen LogP contribution in [-0.4, -0.2) is 6.04 Å². The maximum absolute atomic E-state index is 3.83. The van der Waals surface area contributed by atoms with E-state index in [4.69, 9.17) is 0 Å². The Hall–Kier alpha value is -1.12. The normalized spacial score (nSPS) is 14.3.